The molecule has 1 heterocycles. The smallest absolute Gasteiger partial charge is 0.0638 e. The summed E-state index contributed by atoms with van der Waals surface area (Å²) < 4.78 is 4.95. The predicted octanol–water partition coefficient (Wildman–Crippen LogP) is 0.178. The summed E-state index contributed by atoms with van der Waals surface area (Å²) in [5, 5.41) is 12.1. The Morgan fingerprint density at radius 3 is 3.07 bits per heavy atom. The van der Waals surface area contributed by atoms with Gasteiger partial charge < -0.3 is 15.2 Å². The number of ether oxygens (including phenoxy) is 1. The molecule has 78 valence electrons. The van der Waals surface area contributed by atoms with Gasteiger partial charge in [-0.15, -0.1) is 0 Å². The number of aromatic nitrogens is 1. The van der Waals surface area contributed by atoms with Crippen molar-refractivity contribution in [2.24, 2.45) is 0 Å². The minimum absolute atomic E-state index is 0.0137. The number of aliphatic hydroxyl groups is 1. The fourth-order valence-electron chi connectivity index (χ4n) is 1.14. The van der Waals surface area contributed by atoms with Gasteiger partial charge in [-0.3, -0.25) is 4.98 Å². The van der Waals surface area contributed by atoms with Crippen LogP contribution in [0.15, 0.2) is 24.5 Å². The lowest BCUT2D eigenvalue weighted by atomic mass is 10.2. The molecular formula is C10H16N2O2. The van der Waals surface area contributed by atoms with Crippen molar-refractivity contribution in [1.82, 2.24) is 10.3 Å². The number of rotatable bonds is 6. The zero-order valence-corrected chi connectivity index (χ0v) is 8.31. The van der Waals surface area contributed by atoms with Crippen LogP contribution in [-0.4, -0.2) is 36.5 Å². The average Bonchev–Trinajstić information content (AvgIpc) is 2.25. The number of nitrogens with zero attached hydrogens (tertiary/aromatic N) is 1. The van der Waals surface area contributed by atoms with Gasteiger partial charge >= 0.3 is 0 Å². The van der Waals surface area contributed by atoms with Crippen LogP contribution in [0.5, 0.6) is 0 Å². The first-order valence-corrected chi connectivity index (χ1v) is 4.59. The van der Waals surface area contributed by atoms with Gasteiger partial charge in [-0.1, -0.05) is 6.07 Å². The van der Waals surface area contributed by atoms with Crippen molar-refractivity contribution >= 4 is 0 Å². The number of nitrogens with one attached hydrogen (secondary N) is 1. The molecule has 2 N–H and O–H groups in total. The highest BCUT2D eigenvalue weighted by Crippen LogP contribution is 1.95. The Morgan fingerprint density at radius 2 is 2.50 bits per heavy atom. The van der Waals surface area contributed by atoms with E-state index in [-0.39, 0.29) is 12.6 Å². The highest BCUT2D eigenvalue weighted by molar-refractivity contribution is 5.07. The summed E-state index contributed by atoms with van der Waals surface area (Å²) in [5.74, 6) is 0. The van der Waals surface area contributed by atoms with Crippen LogP contribution < -0.4 is 5.32 Å². The fraction of sp³-hybridized carbons (Fsp3) is 0.500. The highest BCUT2D eigenvalue weighted by atomic mass is 16.5. The van der Waals surface area contributed by atoms with Gasteiger partial charge in [0.1, 0.15) is 0 Å². The van der Waals surface area contributed by atoms with Crippen molar-refractivity contribution in [2.75, 3.05) is 20.3 Å². The first-order chi connectivity index (χ1) is 6.86. The summed E-state index contributed by atoms with van der Waals surface area (Å²) in [6.07, 6.45) is 3.54. The molecule has 1 rings (SSSR count). The molecule has 0 saturated carbocycles. The minimum Gasteiger partial charge on any atom is -0.395 e. The standard InChI is InChI=1S/C10H16N2O2/c1-14-8-10(7-13)12-6-9-3-2-4-11-5-9/h2-5,10,12-13H,6-8H2,1H3. The summed E-state index contributed by atoms with van der Waals surface area (Å²) in [6.45, 7) is 1.29. The third-order valence-electron chi connectivity index (χ3n) is 1.91. The molecule has 0 radical (unpaired) electrons. The van der Waals surface area contributed by atoms with E-state index in [9.17, 15) is 0 Å². The Morgan fingerprint density at radius 1 is 1.64 bits per heavy atom. The summed E-state index contributed by atoms with van der Waals surface area (Å²) in [4.78, 5) is 4.00. The zero-order valence-electron chi connectivity index (χ0n) is 8.31. The third kappa shape index (κ3) is 3.83. The molecule has 1 aromatic rings. The van der Waals surface area contributed by atoms with Crippen molar-refractivity contribution in [3.05, 3.63) is 30.1 Å². The fourth-order valence-corrected chi connectivity index (χ4v) is 1.14. The Bertz CT molecular complexity index is 241. The lowest BCUT2D eigenvalue weighted by Crippen LogP contribution is -2.35. The lowest BCUT2D eigenvalue weighted by molar-refractivity contribution is 0.128. The van der Waals surface area contributed by atoms with Crippen LogP contribution in [0.2, 0.25) is 0 Å². The summed E-state index contributed by atoms with van der Waals surface area (Å²) >= 11 is 0. The molecule has 0 amide bonds. The Balaban J connectivity index is 2.32. The second kappa shape index (κ2) is 6.48. The van der Waals surface area contributed by atoms with E-state index < -0.39 is 0 Å². The molecule has 0 aliphatic heterocycles. The number of methoxy groups -OCH3 is 1. The van der Waals surface area contributed by atoms with Gasteiger partial charge in [-0.25, -0.2) is 0 Å². The molecule has 0 aromatic carbocycles. The van der Waals surface area contributed by atoms with Crippen molar-refractivity contribution in [3.63, 3.8) is 0 Å². The summed E-state index contributed by atoms with van der Waals surface area (Å²) in [7, 11) is 1.62. The molecule has 4 heteroatoms. The molecule has 0 aliphatic rings. The normalized spacial score (nSPS) is 12.7. The predicted molar refractivity (Wildman–Crippen MR) is 53.8 cm³/mol. The van der Waals surface area contributed by atoms with Gasteiger partial charge in [0.25, 0.3) is 0 Å². The maximum atomic E-state index is 8.98. The first kappa shape index (κ1) is 11.1. The van der Waals surface area contributed by atoms with Crippen LogP contribution >= 0.6 is 0 Å². The zero-order chi connectivity index (χ0) is 10.2. The molecule has 0 fully saturated rings. The van der Waals surface area contributed by atoms with E-state index in [1.807, 2.05) is 12.1 Å². The summed E-state index contributed by atoms with van der Waals surface area (Å²) in [6, 6.07) is 3.86. The molecule has 0 spiro atoms. The van der Waals surface area contributed by atoms with E-state index in [4.69, 9.17) is 9.84 Å². The molecule has 0 saturated heterocycles. The van der Waals surface area contributed by atoms with E-state index in [0.717, 1.165) is 5.56 Å². The van der Waals surface area contributed by atoms with E-state index in [2.05, 4.69) is 10.3 Å². The molecule has 0 aliphatic carbocycles. The first-order valence-electron chi connectivity index (χ1n) is 4.59. The van der Waals surface area contributed by atoms with Gasteiger partial charge in [-0.05, 0) is 11.6 Å². The van der Waals surface area contributed by atoms with Crippen LogP contribution in [0, 0.1) is 0 Å². The second-order valence-electron chi connectivity index (χ2n) is 3.08. The monoisotopic (exact) mass is 196 g/mol. The van der Waals surface area contributed by atoms with Crippen LogP contribution in [0.1, 0.15) is 5.56 Å². The van der Waals surface area contributed by atoms with Crippen molar-refractivity contribution in [2.45, 2.75) is 12.6 Å². The third-order valence-corrected chi connectivity index (χ3v) is 1.91. The second-order valence-corrected chi connectivity index (χ2v) is 3.08. The Labute approximate surface area is 83.9 Å². The molecular weight excluding hydrogens is 180 g/mol. The number of aliphatic hydroxyl groups excluding tert-OH is 1. The molecule has 0 bridgehead atoms. The van der Waals surface area contributed by atoms with Gasteiger partial charge in [0, 0.05) is 26.0 Å². The Kier molecular flexibility index (Phi) is 5.14. The van der Waals surface area contributed by atoms with Crippen LogP contribution in [0.25, 0.3) is 0 Å². The van der Waals surface area contributed by atoms with E-state index in [0.29, 0.717) is 13.2 Å². The van der Waals surface area contributed by atoms with Crippen molar-refractivity contribution in [3.8, 4) is 0 Å². The van der Waals surface area contributed by atoms with Crippen molar-refractivity contribution < 1.29 is 9.84 Å². The van der Waals surface area contributed by atoms with Gasteiger partial charge in [0.05, 0.1) is 19.3 Å². The Hall–Kier alpha value is -0.970. The van der Waals surface area contributed by atoms with Gasteiger partial charge in [-0.2, -0.15) is 0 Å². The molecule has 4 nitrogen and oxygen atoms in total. The molecule has 1 atom stereocenters. The molecule has 14 heavy (non-hydrogen) atoms. The maximum Gasteiger partial charge on any atom is 0.0638 e. The topological polar surface area (TPSA) is 54.4 Å². The highest BCUT2D eigenvalue weighted by Gasteiger charge is 2.05. The van der Waals surface area contributed by atoms with E-state index in [1.165, 1.54) is 0 Å². The SMILES string of the molecule is COCC(CO)NCc1cccnc1. The van der Waals surface area contributed by atoms with Crippen LogP contribution in [0.4, 0.5) is 0 Å². The lowest BCUT2D eigenvalue weighted by Gasteiger charge is -2.14. The van der Waals surface area contributed by atoms with E-state index >= 15 is 0 Å². The number of hydrogen-bond acceptors (Lipinski definition) is 4. The quantitative estimate of drug-likeness (QED) is 0.681. The number of pyridine rings is 1. The van der Waals surface area contributed by atoms with Crippen molar-refractivity contribution in [1.29, 1.82) is 0 Å². The van der Waals surface area contributed by atoms with E-state index in [1.54, 1.807) is 19.5 Å². The largest absolute Gasteiger partial charge is 0.395 e. The molecule has 1 aromatic heterocycles. The summed E-state index contributed by atoms with van der Waals surface area (Å²) in [5.41, 5.74) is 1.10. The van der Waals surface area contributed by atoms with Gasteiger partial charge in [0.15, 0.2) is 0 Å². The van der Waals surface area contributed by atoms with Crippen LogP contribution in [0.3, 0.4) is 0 Å². The van der Waals surface area contributed by atoms with Gasteiger partial charge in [0.2, 0.25) is 0 Å². The molecule has 1 unspecified atom stereocenters. The number of hydrogen-bond donors (Lipinski definition) is 2. The maximum absolute atomic E-state index is 8.98. The minimum atomic E-state index is -0.0137. The average molecular weight is 196 g/mol. The van der Waals surface area contributed by atoms with Crippen LogP contribution in [-0.2, 0) is 11.3 Å².